The number of hydrogen-bond donors (Lipinski definition) is 2. The zero-order chi connectivity index (χ0) is 25.2. The van der Waals surface area contributed by atoms with E-state index < -0.39 is 24.0 Å². The van der Waals surface area contributed by atoms with Crippen LogP contribution < -0.4 is 16.7 Å². The van der Waals surface area contributed by atoms with E-state index in [4.69, 9.17) is 0 Å². The van der Waals surface area contributed by atoms with Gasteiger partial charge in [0.05, 0.1) is 11.3 Å². The fourth-order valence-corrected chi connectivity index (χ4v) is 3.66. The van der Waals surface area contributed by atoms with Crippen LogP contribution in [0.15, 0.2) is 64.0 Å². The molecule has 0 aromatic carbocycles. The Morgan fingerprint density at radius 2 is 2.06 bits per heavy atom. The molecule has 0 bridgehead atoms. The van der Waals surface area contributed by atoms with Gasteiger partial charge >= 0.3 is 11.9 Å². The number of nitrogens with zero attached hydrogens (tertiary/aromatic N) is 5. The van der Waals surface area contributed by atoms with Crippen molar-refractivity contribution in [3.63, 3.8) is 0 Å². The summed E-state index contributed by atoms with van der Waals surface area (Å²) in [7, 11) is 1.70. The highest BCUT2D eigenvalue weighted by Gasteiger charge is 2.28. The van der Waals surface area contributed by atoms with Crippen LogP contribution in [0.3, 0.4) is 0 Å². The average molecular weight is 485 g/mol. The van der Waals surface area contributed by atoms with Gasteiger partial charge in [-0.05, 0) is 43.0 Å². The number of fused-ring (bicyclic) bond motifs is 1. The van der Waals surface area contributed by atoms with Crippen molar-refractivity contribution in [3.05, 3.63) is 81.3 Å². The monoisotopic (exact) mass is 485 g/mol. The zero-order valence-electron chi connectivity index (χ0n) is 18.7. The molecule has 182 valence electrons. The number of hydrogen-bond acceptors (Lipinski definition) is 5. The third kappa shape index (κ3) is 5.48. The smallest absolute Gasteiger partial charge is 0.323 e. The van der Waals surface area contributed by atoms with Gasteiger partial charge in [0.2, 0.25) is 0 Å². The molecular weight excluding hydrogens is 463 g/mol. The Morgan fingerprint density at radius 1 is 1.29 bits per heavy atom. The van der Waals surface area contributed by atoms with Crippen LogP contribution in [0.1, 0.15) is 24.3 Å². The minimum absolute atomic E-state index is 0.315. The molecular formula is C23H22F3N7O2. The van der Waals surface area contributed by atoms with Crippen LogP contribution in [0.2, 0.25) is 0 Å². The van der Waals surface area contributed by atoms with Crippen molar-refractivity contribution in [1.29, 1.82) is 0 Å². The van der Waals surface area contributed by atoms with Crippen molar-refractivity contribution in [1.82, 2.24) is 29.3 Å². The molecule has 0 amide bonds. The molecule has 0 atom stereocenters. The number of halogens is 3. The summed E-state index contributed by atoms with van der Waals surface area (Å²) in [5.41, 5.74) is 1.96. The lowest BCUT2D eigenvalue weighted by Crippen LogP contribution is -2.27. The quantitative estimate of drug-likeness (QED) is 0.463. The summed E-state index contributed by atoms with van der Waals surface area (Å²) in [6.45, 7) is 2.74. The highest BCUT2D eigenvalue weighted by molar-refractivity contribution is 5.75. The fraction of sp³-hybridized carbons (Fsp3) is 0.261. The summed E-state index contributed by atoms with van der Waals surface area (Å²) in [4.78, 5) is 35.8. The molecule has 2 N–H and O–H groups in total. The first kappa shape index (κ1) is 23.9. The summed E-state index contributed by atoms with van der Waals surface area (Å²) in [6.07, 6.45) is 3.80. The van der Waals surface area contributed by atoms with Gasteiger partial charge in [0.15, 0.2) is 5.49 Å². The van der Waals surface area contributed by atoms with Crippen LogP contribution in [0, 0.1) is 0 Å². The summed E-state index contributed by atoms with van der Waals surface area (Å²) in [6, 6.07) is 6.91. The number of nitrogens with one attached hydrogen (secondary N) is 2. The van der Waals surface area contributed by atoms with Crippen molar-refractivity contribution in [3.8, 4) is 11.3 Å². The topological polar surface area (TPSA) is 114 Å². The van der Waals surface area contributed by atoms with Crippen molar-refractivity contribution in [2.45, 2.75) is 31.5 Å². The maximum absolute atomic E-state index is 12.1. The van der Waals surface area contributed by atoms with Gasteiger partial charge < -0.3 is 9.55 Å². The SMILES string of the molecule is C=Cn1nc(-c2c[nH]c(=O)[nH]c2=O)cc(C2CC2)c1=NC.FC(F)(F)Cn1ccc2cccnc21. The summed E-state index contributed by atoms with van der Waals surface area (Å²) in [5.74, 6) is 0.443. The largest absolute Gasteiger partial charge is 0.406 e. The van der Waals surface area contributed by atoms with Gasteiger partial charge in [-0.25, -0.2) is 14.5 Å². The first-order valence-electron chi connectivity index (χ1n) is 10.7. The molecule has 0 radical (unpaired) electrons. The van der Waals surface area contributed by atoms with Crippen molar-refractivity contribution in [2.24, 2.45) is 4.99 Å². The molecule has 0 unspecified atom stereocenters. The molecule has 0 saturated heterocycles. The molecule has 9 nitrogen and oxygen atoms in total. The average Bonchev–Trinajstić information content (AvgIpc) is 3.59. The molecule has 0 spiro atoms. The lowest BCUT2D eigenvalue weighted by molar-refractivity contribution is -0.139. The molecule has 1 aliphatic rings. The number of aromatic nitrogens is 6. The third-order valence-electron chi connectivity index (χ3n) is 5.35. The number of pyridine rings is 1. The summed E-state index contributed by atoms with van der Waals surface area (Å²) < 4.78 is 39.0. The van der Waals surface area contributed by atoms with E-state index in [9.17, 15) is 22.8 Å². The molecule has 12 heteroatoms. The zero-order valence-corrected chi connectivity index (χ0v) is 18.7. The Bertz CT molecular complexity index is 1560. The third-order valence-corrected chi connectivity index (χ3v) is 5.35. The Kier molecular flexibility index (Phi) is 6.54. The molecule has 4 aromatic rings. The number of aromatic amines is 2. The molecule has 5 rings (SSSR count). The van der Waals surface area contributed by atoms with Gasteiger partial charge in [0.1, 0.15) is 12.2 Å². The maximum atomic E-state index is 12.1. The van der Waals surface area contributed by atoms with Crippen LogP contribution in [0.5, 0.6) is 0 Å². The Labute approximate surface area is 196 Å². The lowest BCUT2D eigenvalue weighted by Gasteiger charge is -2.09. The molecule has 1 saturated carbocycles. The van der Waals surface area contributed by atoms with Gasteiger partial charge in [-0.2, -0.15) is 18.3 Å². The highest BCUT2D eigenvalue weighted by atomic mass is 19.4. The van der Waals surface area contributed by atoms with Gasteiger partial charge in [-0.1, -0.05) is 6.58 Å². The molecule has 35 heavy (non-hydrogen) atoms. The van der Waals surface area contributed by atoms with Crippen molar-refractivity contribution in [2.75, 3.05) is 7.05 Å². The Balaban J connectivity index is 0.000000179. The summed E-state index contributed by atoms with van der Waals surface area (Å²) >= 11 is 0. The predicted molar refractivity (Wildman–Crippen MR) is 125 cm³/mol. The minimum atomic E-state index is -4.20. The molecule has 0 aliphatic heterocycles. The van der Waals surface area contributed by atoms with Crippen LogP contribution in [-0.4, -0.2) is 42.5 Å². The van der Waals surface area contributed by atoms with Gasteiger partial charge in [0, 0.05) is 42.8 Å². The molecule has 4 heterocycles. The number of alkyl halides is 3. The minimum Gasteiger partial charge on any atom is -0.323 e. The molecule has 4 aromatic heterocycles. The Morgan fingerprint density at radius 3 is 2.69 bits per heavy atom. The lowest BCUT2D eigenvalue weighted by atomic mass is 10.1. The predicted octanol–water partition coefficient (Wildman–Crippen LogP) is 3.03. The van der Waals surface area contributed by atoms with Gasteiger partial charge in [-0.15, -0.1) is 0 Å². The van der Waals surface area contributed by atoms with Crippen LogP contribution in [0.4, 0.5) is 13.2 Å². The highest BCUT2D eigenvalue weighted by Crippen LogP contribution is 2.39. The standard InChI is InChI=1S/C14H15N5O2.C9H7F3N2/c1-3-19-12(15-2)9(8-4-5-8)6-11(18-19)10-7-16-14(21)17-13(10)20;10-9(11,12)6-14-5-3-7-2-1-4-13-8(7)14/h3,6-8H,1,4-5H2,2H3,(H2,16,17,20,21);1-5H,6H2. The summed E-state index contributed by atoms with van der Waals surface area (Å²) in [5, 5.41) is 5.08. The normalized spacial score (nSPS) is 14.0. The number of rotatable bonds is 4. The second-order valence-electron chi connectivity index (χ2n) is 7.89. The van der Waals surface area contributed by atoms with E-state index >= 15 is 0 Å². The molecule has 1 fully saturated rings. The second kappa shape index (κ2) is 9.57. The van der Waals surface area contributed by atoms with Crippen LogP contribution in [0.25, 0.3) is 28.5 Å². The first-order chi connectivity index (χ1) is 16.7. The van der Waals surface area contributed by atoms with Crippen LogP contribution >= 0.6 is 0 Å². The van der Waals surface area contributed by atoms with Crippen molar-refractivity contribution < 1.29 is 13.2 Å². The van der Waals surface area contributed by atoms with E-state index in [1.165, 1.54) is 18.6 Å². The second-order valence-corrected chi connectivity index (χ2v) is 7.89. The maximum Gasteiger partial charge on any atom is 0.406 e. The van der Waals surface area contributed by atoms with E-state index in [0.717, 1.165) is 33.8 Å². The van der Waals surface area contributed by atoms with E-state index in [0.29, 0.717) is 22.8 Å². The van der Waals surface area contributed by atoms with E-state index in [1.54, 1.807) is 36.1 Å². The van der Waals surface area contributed by atoms with Crippen molar-refractivity contribution >= 4 is 17.2 Å². The number of H-pyrrole nitrogens is 2. The Hall–Kier alpha value is -4.22. The molecule has 1 aliphatic carbocycles. The van der Waals surface area contributed by atoms with Gasteiger partial charge in [-0.3, -0.25) is 14.8 Å². The fourth-order valence-electron chi connectivity index (χ4n) is 3.66. The van der Waals surface area contributed by atoms with E-state index in [1.807, 2.05) is 6.07 Å². The van der Waals surface area contributed by atoms with E-state index in [-0.39, 0.29) is 0 Å². The van der Waals surface area contributed by atoms with Crippen LogP contribution in [-0.2, 0) is 6.54 Å². The first-order valence-corrected chi connectivity index (χ1v) is 10.7. The van der Waals surface area contributed by atoms with E-state index in [2.05, 4.69) is 31.6 Å². The van der Waals surface area contributed by atoms with Gasteiger partial charge in [0.25, 0.3) is 5.56 Å².